The highest BCUT2D eigenvalue weighted by atomic mass is 35.5. The van der Waals surface area contributed by atoms with Gasteiger partial charge in [0.25, 0.3) is 0 Å². The summed E-state index contributed by atoms with van der Waals surface area (Å²) in [5.41, 5.74) is 13.1. The van der Waals surface area contributed by atoms with Crippen molar-refractivity contribution in [2.24, 2.45) is 22.7 Å². The molecule has 0 atom stereocenters. The van der Waals surface area contributed by atoms with Crippen LogP contribution in [0.2, 0.25) is 5.02 Å². The van der Waals surface area contributed by atoms with Crippen LogP contribution in [0.5, 0.6) is 0 Å². The fourth-order valence-electron chi connectivity index (χ4n) is 6.03. The van der Waals surface area contributed by atoms with Crippen LogP contribution >= 0.6 is 23.8 Å². The Kier molecular flexibility index (Phi) is 9.55. The lowest BCUT2D eigenvalue weighted by Crippen LogP contribution is -2.37. The normalized spacial score (nSPS) is 16.9. The van der Waals surface area contributed by atoms with E-state index in [0.29, 0.717) is 17.5 Å². The number of benzene rings is 3. The van der Waals surface area contributed by atoms with Crippen molar-refractivity contribution in [2.45, 2.75) is 38.5 Å². The molecule has 5 rings (SSSR count). The monoisotopic (exact) mass is 577 g/mol. The lowest BCUT2D eigenvalue weighted by atomic mass is 9.89. The molecule has 0 amide bonds. The average molecular weight is 578 g/mol. The highest BCUT2D eigenvalue weighted by Crippen LogP contribution is 2.35. The molecule has 2 aliphatic rings. The molecular formula is C32H37ClFN5S. The summed E-state index contributed by atoms with van der Waals surface area (Å²) < 4.78 is 15.6. The maximum Gasteiger partial charge on any atom is 0.184 e. The predicted octanol–water partition coefficient (Wildman–Crippen LogP) is 6.56. The highest BCUT2D eigenvalue weighted by Gasteiger charge is 2.26. The molecule has 0 aliphatic carbocycles. The van der Waals surface area contributed by atoms with Crippen molar-refractivity contribution >= 4 is 46.5 Å². The van der Waals surface area contributed by atoms with Crippen LogP contribution in [-0.4, -0.2) is 37.5 Å². The van der Waals surface area contributed by atoms with E-state index in [1.54, 1.807) is 12.3 Å². The van der Waals surface area contributed by atoms with Gasteiger partial charge in [0.2, 0.25) is 0 Å². The topological polar surface area (TPSA) is 56.9 Å². The number of hydrazone groups is 1. The average Bonchev–Trinajstić information content (AvgIpc) is 2.96. The van der Waals surface area contributed by atoms with Gasteiger partial charge < -0.3 is 15.5 Å². The van der Waals surface area contributed by atoms with E-state index in [9.17, 15) is 0 Å². The van der Waals surface area contributed by atoms with E-state index in [0.717, 1.165) is 81.0 Å². The maximum atomic E-state index is 15.6. The minimum atomic E-state index is -0.232. The van der Waals surface area contributed by atoms with Gasteiger partial charge in [-0.25, -0.2) is 4.39 Å². The van der Waals surface area contributed by atoms with Crippen LogP contribution in [0.4, 0.5) is 15.8 Å². The summed E-state index contributed by atoms with van der Waals surface area (Å²) in [7, 11) is 0. The van der Waals surface area contributed by atoms with Gasteiger partial charge >= 0.3 is 0 Å². The Balaban J connectivity index is 1.29. The van der Waals surface area contributed by atoms with E-state index in [4.69, 9.17) is 29.6 Å². The van der Waals surface area contributed by atoms with Crippen molar-refractivity contribution in [1.82, 2.24) is 5.43 Å². The SMILES string of the molecule is NC(=S)NN=Cc1cc(F)c(N2CCC(Cc3ccccc3Cl)CC2)cc1N1CCC(Cc2ccccc2)CC1. The Hall–Kier alpha value is -3.16. The van der Waals surface area contributed by atoms with Gasteiger partial charge in [-0.2, -0.15) is 5.10 Å². The second kappa shape index (κ2) is 13.5. The summed E-state index contributed by atoms with van der Waals surface area (Å²) in [4.78, 5) is 4.56. The predicted molar refractivity (Wildman–Crippen MR) is 169 cm³/mol. The molecule has 0 aromatic heterocycles. The van der Waals surface area contributed by atoms with Crippen LogP contribution in [-0.2, 0) is 12.8 Å². The first-order chi connectivity index (χ1) is 19.5. The number of halogens is 2. The quantitative estimate of drug-likeness (QED) is 0.180. The van der Waals surface area contributed by atoms with Gasteiger partial charge in [-0.05, 0) is 91.9 Å². The van der Waals surface area contributed by atoms with Crippen molar-refractivity contribution in [3.05, 3.63) is 94.3 Å². The third-order valence-electron chi connectivity index (χ3n) is 8.22. The van der Waals surface area contributed by atoms with Crippen molar-refractivity contribution in [1.29, 1.82) is 0 Å². The molecule has 0 saturated carbocycles. The van der Waals surface area contributed by atoms with Gasteiger partial charge in [0.05, 0.1) is 11.9 Å². The Bertz CT molecular complexity index is 1320. The number of rotatable bonds is 8. The second-order valence-electron chi connectivity index (χ2n) is 10.9. The van der Waals surface area contributed by atoms with Gasteiger partial charge in [0, 0.05) is 42.5 Å². The molecule has 2 heterocycles. The van der Waals surface area contributed by atoms with Gasteiger partial charge in [-0.1, -0.05) is 60.1 Å². The number of nitrogens with one attached hydrogen (secondary N) is 1. The minimum Gasteiger partial charge on any atom is -0.375 e. The number of nitrogens with two attached hydrogens (primary N) is 1. The summed E-state index contributed by atoms with van der Waals surface area (Å²) in [5.74, 6) is 0.952. The lowest BCUT2D eigenvalue weighted by Gasteiger charge is -2.37. The third kappa shape index (κ3) is 7.32. The number of hydrogen-bond acceptors (Lipinski definition) is 4. The molecule has 40 heavy (non-hydrogen) atoms. The van der Waals surface area contributed by atoms with E-state index >= 15 is 4.39 Å². The van der Waals surface area contributed by atoms with Crippen LogP contribution in [0.1, 0.15) is 42.4 Å². The van der Waals surface area contributed by atoms with Crippen molar-refractivity contribution in [3.63, 3.8) is 0 Å². The van der Waals surface area contributed by atoms with Crippen LogP contribution in [0.15, 0.2) is 71.8 Å². The molecule has 210 valence electrons. The number of thiocarbonyl (C=S) groups is 1. The van der Waals surface area contributed by atoms with Crippen LogP contribution < -0.4 is 21.0 Å². The Morgan fingerprint density at radius 1 is 0.900 bits per heavy atom. The molecule has 8 heteroatoms. The molecule has 2 aliphatic heterocycles. The molecule has 0 radical (unpaired) electrons. The van der Waals surface area contributed by atoms with Gasteiger partial charge in [0.15, 0.2) is 5.11 Å². The fourth-order valence-corrected chi connectivity index (χ4v) is 6.30. The maximum absolute atomic E-state index is 15.6. The molecule has 0 bridgehead atoms. The smallest absolute Gasteiger partial charge is 0.184 e. The van der Waals surface area contributed by atoms with Gasteiger partial charge in [-0.3, -0.25) is 5.43 Å². The Labute approximate surface area is 247 Å². The molecular weight excluding hydrogens is 541 g/mol. The first kappa shape index (κ1) is 28.4. The van der Waals surface area contributed by atoms with E-state index < -0.39 is 0 Å². The summed E-state index contributed by atoms with van der Waals surface area (Å²) in [6, 6.07) is 22.4. The van der Waals surface area contributed by atoms with Crippen LogP contribution in [0.3, 0.4) is 0 Å². The summed E-state index contributed by atoms with van der Waals surface area (Å²) in [6.45, 7) is 3.49. The molecule has 3 aromatic rings. The Morgan fingerprint density at radius 3 is 2.15 bits per heavy atom. The second-order valence-corrected chi connectivity index (χ2v) is 11.8. The molecule has 3 aromatic carbocycles. The number of piperidine rings is 2. The van der Waals surface area contributed by atoms with E-state index in [1.807, 2.05) is 24.3 Å². The lowest BCUT2D eigenvalue weighted by molar-refractivity contribution is 0.400. The van der Waals surface area contributed by atoms with E-state index in [2.05, 4.69) is 56.7 Å². The molecule has 3 N–H and O–H groups in total. The molecule has 2 saturated heterocycles. The highest BCUT2D eigenvalue weighted by molar-refractivity contribution is 7.80. The van der Waals surface area contributed by atoms with Crippen LogP contribution in [0.25, 0.3) is 0 Å². The first-order valence-corrected chi connectivity index (χ1v) is 14.9. The zero-order chi connectivity index (χ0) is 27.9. The molecule has 5 nitrogen and oxygen atoms in total. The molecule has 0 spiro atoms. The number of anilines is 2. The Morgan fingerprint density at radius 2 is 1.50 bits per heavy atom. The van der Waals surface area contributed by atoms with Crippen molar-refractivity contribution in [3.8, 4) is 0 Å². The standard InChI is InChI=1S/C32H37ClFN5S/c33-28-9-5-4-8-26(28)19-25-12-16-39(17-13-25)31-21-30(27(20-29(31)34)22-36-37-32(35)40)38-14-10-24(11-15-38)18-23-6-2-1-3-7-23/h1-9,20-22,24-25H,10-19H2,(H3,35,37,40). The fraction of sp³-hybridized carbons (Fsp3) is 0.375. The summed E-state index contributed by atoms with van der Waals surface area (Å²) in [5, 5.41) is 5.06. The van der Waals surface area contributed by atoms with E-state index in [-0.39, 0.29) is 10.9 Å². The largest absolute Gasteiger partial charge is 0.375 e. The zero-order valence-electron chi connectivity index (χ0n) is 22.7. The van der Waals surface area contributed by atoms with Crippen molar-refractivity contribution in [2.75, 3.05) is 36.0 Å². The minimum absolute atomic E-state index is 0.0799. The number of nitrogens with zero attached hydrogens (tertiary/aromatic N) is 3. The van der Waals surface area contributed by atoms with Crippen molar-refractivity contribution < 1.29 is 4.39 Å². The molecule has 0 unspecified atom stereocenters. The van der Waals surface area contributed by atoms with Gasteiger partial charge in [-0.15, -0.1) is 0 Å². The number of hydrogen-bond donors (Lipinski definition) is 2. The first-order valence-electron chi connectivity index (χ1n) is 14.2. The van der Waals surface area contributed by atoms with Gasteiger partial charge in [0.1, 0.15) is 5.82 Å². The van der Waals surface area contributed by atoms with E-state index in [1.165, 1.54) is 11.1 Å². The summed E-state index contributed by atoms with van der Waals surface area (Å²) in [6.07, 6.45) is 7.88. The van der Waals surface area contributed by atoms with Crippen LogP contribution in [0, 0.1) is 17.7 Å². The third-order valence-corrected chi connectivity index (χ3v) is 8.68. The zero-order valence-corrected chi connectivity index (χ0v) is 24.3. The molecule has 2 fully saturated rings. The summed E-state index contributed by atoms with van der Waals surface area (Å²) >= 11 is 11.3.